The lowest BCUT2D eigenvalue weighted by atomic mass is 10.2. The Morgan fingerprint density at radius 3 is 2.67 bits per heavy atom. The molecule has 2 aromatic carbocycles. The summed E-state index contributed by atoms with van der Waals surface area (Å²) in [7, 11) is 0. The molecule has 5 nitrogen and oxygen atoms in total. The lowest BCUT2D eigenvalue weighted by Gasteiger charge is -2.02. The van der Waals surface area contributed by atoms with E-state index in [-0.39, 0.29) is 5.75 Å². The van der Waals surface area contributed by atoms with Gasteiger partial charge in [-0.2, -0.15) is 10.2 Å². The minimum absolute atomic E-state index is 0.142. The lowest BCUT2D eigenvalue weighted by molar-refractivity contribution is 0.480. The van der Waals surface area contributed by atoms with Gasteiger partial charge in [0.2, 0.25) is 0 Å². The van der Waals surface area contributed by atoms with E-state index in [1.807, 2.05) is 30.3 Å². The third-order valence-corrected chi connectivity index (χ3v) is 3.14. The number of azo groups is 1. The minimum atomic E-state index is 0.142. The van der Waals surface area contributed by atoms with Crippen molar-refractivity contribution in [1.82, 2.24) is 4.98 Å². The Balaban J connectivity index is 1.86. The fraction of sp³-hybridized carbons (Fsp3) is 0.0625. The molecule has 1 aromatic heterocycles. The van der Waals surface area contributed by atoms with Gasteiger partial charge in [0.15, 0.2) is 0 Å². The van der Waals surface area contributed by atoms with Crippen molar-refractivity contribution in [2.24, 2.45) is 10.2 Å². The number of pyridine rings is 1. The molecular formula is C16H14N4O. The summed E-state index contributed by atoms with van der Waals surface area (Å²) in [4.78, 5) is 4.15. The van der Waals surface area contributed by atoms with Crippen LogP contribution >= 0.6 is 0 Å². The van der Waals surface area contributed by atoms with E-state index in [0.717, 1.165) is 16.6 Å². The van der Waals surface area contributed by atoms with Crippen LogP contribution in [0.5, 0.6) is 5.75 Å². The first-order valence-corrected chi connectivity index (χ1v) is 6.52. The number of anilines is 1. The van der Waals surface area contributed by atoms with E-state index >= 15 is 0 Å². The molecule has 1 heterocycles. The van der Waals surface area contributed by atoms with Crippen LogP contribution in [0, 0.1) is 0 Å². The van der Waals surface area contributed by atoms with Gasteiger partial charge in [0.25, 0.3) is 0 Å². The standard InChI is InChI=1S/C16H14N4O/c17-12-5-3-11(4-6-12)10-19-20-14-7-8-15(21)16-13(14)2-1-9-18-16/h1-9,21H,10,17H2/b20-19+. The van der Waals surface area contributed by atoms with Crippen molar-refractivity contribution in [2.45, 2.75) is 6.54 Å². The van der Waals surface area contributed by atoms with E-state index in [2.05, 4.69) is 15.2 Å². The molecule has 3 aromatic rings. The van der Waals surface area contributed by atoms with Crippen molar-refractivity contribution in [1.29, 1.82) is 0 Å². The van der Waals surface area contributed by atoms with Gasteiger partial charge >= 0.3 is 0 Å². The van der Waals surface area contributed by atoms with Crippen LogP contribution in [0.2, 0.25) is 0 Å². The summed E-state index contributed by atoms with van der Waals surface area (Å²) in [5, 5.41) is 19.0. The third kappa shape index (κ3) is 2.81. The second-order valence-electron chi connectivity index (χ2n) is 4.64. The molecule has 0 fully saturated rings. The number of hydrogen-bond donors (Lipinski definition) is 2. The molecule has 5 heteroatoms. The number of phenols is 1. The van der Waals surface area contributed by atoms with Crippen LogP contribution < -0.4 is 5.73 Å². The fourth-order valence-corrected chi connectivity index (χ4v) is 2.05. The minimum Gasteiger partial charge on any atom is -0.506 e. The predicted octanol–water partition coefficient (Wildman–Crippen LogP) is 3.81. The number of rotatable bonds is 3. The van der Waals surface area contributed by atoms with Crippen LogP contribution in [0.4, 0.5) is 11.4 Å². The first kappa shape index (κ1) is 13.1. The van der Waals surface area contributed by atoms with E-state index in [0.29, 0.717) is 17.7 Å². The van der Waals surface area contributed by atoms with Crippen LogP contribution in [0.3, 0.4) is 0 Å². The summed E-state index contributed by atoms with van der Waals surface area (Å²) in [6.07, 6.45) is 1.64. The van der Waals surface area contributed by atoms with Crippen molar-refractivity contribution in [3.63, 3.8) is 0 Å². The SMILES string of the molecule is Nc1ccc(C/N=N/c2ccc(O)c3ncccc23)cc1. The molecule has 0 saturated carbocycles. The maximum atomic E-state index is 9.78. The zero-order valence-corrected chi connectivity index (χ0v) is 11.3. The van der Waals surface area contributed by atoms with Gasteiger partial charge in [-0.25, -0.2) is 0 Å². The summed E-state index contributed by atoms with van der Waals surface area (Å²) in [6, 6.07) is 14.5. The molecule has 21 heavy (non-hydrogen) atoms. The second-order valence-corrected chi connectivity index (χ2v) is 4.64. The quantitative estimate of drug-likeness (QED) is 0.564. The normalized spacial score (nSPS) is 11.2. The van der Waals surface area contributed by atoms with E-state index in [4.69, 9.17) is 5.73 Å². The average Bonchev–Trinajstić information content (AvgIpc) is 2.52. The Morgan fingerprint density at radius 1 is 1.05 bits per heavy atom. The molecule has 3 N–H and O–H groups in total. The number of fused-ring (bicyclic) bond motifs is 1. The van der Waals surface area contributed by atoms with Crippen LogP contribution in [0.25, 0.3) is 10.9 Å². The monoisotopic (exact) mass is 278 g/mol. The van der Waals surface area contributed by atoms with Gasteiger partial charge in [0.1, 0.15) is 11.3 Å². The molecule has 0 aliphatic rings. The summed E-state index contributed by atoms with van der Waals surface area (Å²) < 4.78 is 0. The van der Waals surface area contributed by atoms with Crippen molar-refractivity contribution < 1.29 is 5.11 Å². The molecule has 0 spiro atoms. The summed E-state index contributed by atoms with van der Waals surface area (Å²) >= 11 is 0. The van der Waals surface area contributed by atoms with Crippen LogP contribution in [-0.4, -0.2) is 10.1 Å². The van der Waals surface area contributed by atoms with Crippen molar-refractivity contribution in [2.75, 3.05) is 5.73 Å². The third-order valence-electron chi connectivity index (χ3n) is 3.14. The molecule has 0 unspecified atom stereocenters. The van der Waals surface area contributed by atoms with Crippen molar-refractivity contribution >= 4 is 22.3 Å². The number of benzene rings is 2. The number of nitrogen functional groups attached to an aromatic ring is 1. The summed E-state index contributed by atoms with van der Waals surface area (Å²) in [5.41, 5.74) is 8.62. The zero-order valence-electron chi connectivity index (χ0n) is 11.3. The Labute approximate surface area is 121 Å². The summed E-state index contributed by atoms with van der Waals surface area (Å²) in [6.45, 7) is 0.475. The molecule has 0 bridgehead atoms. The van der Waals surface area contributed by atoms with Crippen LogP contribution in [-0.2, 0) is 6.54 Å². The van der Waals surface area contributed by atoms with Gasteiger partial charge in [0, 0.05) is 17.3 Å². The van der Waals surface area contributed by atoms with E-state index < -0.39 is 0 Å². The first-order valence-electron chi connectivity index (χ1n) is 6.52. The highest BCUT2D eigenvalue weighted by atomic mass is 16.3. The van der Waals surface area contributed by atoms with Crippen molar-refractivity contribution in [3.05, 3.63) is 60.3 Å². The average molecular weight is 278 g/mol. The highest BCUT2D eigenvalue weighted by Gasteiger charge is 2.04. The number of aromatic nitrogens is 1. The van der Waals surface area contributed by atoms with E-state index in [1.165, 1.54) is 0 Å². The smallest absolute Gasteiger partial charge is 0.141 e. The van der Waals surface area contributed by atoms with Crippen LogP contribution in [0.1, 0.15) is 5.56 Å². The number of aromatic hydroxyl groups is 1. The van der Waals surface area contributed by atoms with Gasteiger partial charge in [-0.05, 0) is 42.0 Å². The van der Waals surface area contributed by atoms with E-state index in [9.17, 15) is 5.11 Å². The topological polar surface area (TPSA) is 83.9 Å². The van der Waals surface area contributed by atoms with Gasteiger partial charge < -0.3 is 10.8 Å². The zero-order chi connectivity index (χ0) is 14.7. The summed E-state index contributed by atoms with van der Waals surface area (Å²) in [5.74, 6) is 0.142. The maximum Gasteiger partial charge on any atom is 0.141 e. The molecule has 3 rings (SSSR count). The molecule has 0 aliphatic heterocycles. The van der Waals surface area contributed by atoms with Gasteiger partial charge in [-0.15, -0.1) is 0 Å². The predicted molar refractivity (Wildman–Crippen MR) is 82.5 cm³/mol. The number of phenolic OH excluding ortho intramolecular Hbond substituents is 1. The molecule has 0 amide bonds. The van der Waals surface area contributed by atoms with Crippen LogP contribution in [0.15, 0.2) is 65.0 Å². The first-order chi connectivity index (χ1) is 10.2. The Bertz CT molecular complexity index is 797. The molecule has 0 radical (unpaired) electrons. The lowest BCUT2D eigenvalue weighted by Crippen LogP contribution is -1.85. The maximum absolute atomic E-state index is 9.78. The number of nitrogens with two attached hydrogens (primary N) is 1. The molecule has 0 saturated heterocycles. The second kappa shape index (κ2) is 5.58. The van der Waals surface area contributed by atoms with Gasteiger partial charge in [-0.3, -0.25) is 4.98 Å². The van der Waals surface area contributed by atoms with Gasteiger partial charge in [-0.1, -0.05) is 12.1 Å². The number of hydrogen-bond acceptors (Lipinski definition) is 5. The highest BCUT2D eigenvalue weighted by Crippen LogP contribution is 2.31. The number of nitrogens with zero attached hydrogens (tertiary/aromatic N) is 3. The molecule has 0 atom stereocenters. The van der Waals surface area contributed by atoms with E-state index in [1.54, 1.807) is 24.4 Å². The Kier molecular flexibility index (Phi) is 3.47. The van der Waals surface area contributed by atoms with Gasteiger partial charge in [0.05, 0.1) is 12.2 Å². The van der Waals surface area contributed by atoms with Crippen molar-refractivity contribution in [3.8, 4) is 5.75 Å². The molecule has 0 aliphatic carbocycles. The molecule has 104 valence electrons. The highest BCUT2D eigenvalue weighted by molar-refractivity contribution is 5.93. The largest absolute Gasteiger partial charge is 0.506 e. The Hall–Kier alpha value is -2.95. The molecular weight excluding hydrogens is 264 g/mol. The fourth-order valence-electron chi connectivity index (χ4n) is 2.05. The Morgan fingerprint density at radius 2 is 1.86 bits per heavy atom.